The summed E-state index contributed by atoms with van der Waals surface area (Å²) in [6, 6.07) is 16.3. The number of benzene rings is 1. The summed E-state index contributed by atoms with van der Waals surface area (Å²) in [7, 11) is 0. The minimum Gasteiger partial charge on any atom is -0.354 e. The van der Waals surface area contributed by atoms with Crippen molar-refractivity contribution in [3.63, 3.8) is 0 Å². The van der Waals surface area contributed by atoms with Crippen molar-refractivity contribution in [2.75, 3.05) is 18.4 Å². The highest BCUT2D eigenvalue weighted by Gasteiger charge is 2.07. The average Bonchev–Trinajstić information content (AvgIpc) is 3.23. The first-order chi connectivity index (χ1) is 14.7. The summed E-state index contributed by atoms with van der Waals surface area (Å²) in [4.78, 5) is 25.3. The second-order valence-electron chi connectivity index (χ2n) is 6.57. The van der Waals surface area contributed by atoms with Gasteiger partial charge in [0, 0.05) is 42.6 Å². The fourth-order valence-corrected chi connectivity index (χ4v) is 3.01. The zero-order chi connectivity index (χ0) is 20.8. The molecule has 0 radical (unpaired) electrons. The molecule has 30 heavy (non-hydrogen) atoms. The monoisotopic (exact) mass is 397 g/mol. The molecular weight excluding hydrogens is 378 g/mol. The van der Waals surface area contributed by atoms with Crippen LogP contribution in [0.25, 0.3) is 16.9 Å². The molecule has 0 unspecified atom stereocenters. The average molecular weight is 397 g/mol. The van der Waals surface area contributed by atoms with Gasteiger partial charge in [0.15, 0.2) is 0 Å². The number of carbonyl (C=O) groups excluding carboxylic acids is 1. The van der Waals surface area contributed by atoms with Gasteiger partial charge >= 0.3 is 0 Å². The van der Waals surface area contributed by atoms with Gasteiger partial charge in [0.1, 0.15) is 11.5 Å². The van der Waals surface area contributed by atoms with Gasteiger partial charge in [0.2, 0.25) is 5.95 Å². The largest absolute Gasteiger partial charge is 0.354 e. The van der Waals surface area contributed by atoms with Crippen LogP contribution in [0.15, 0.2) is 67.1 Å². The van der Waals surface area contributed by atoms with Crippen molar-refractivity contribution in [1.82, 2.24) is 24.8 Å². The molecule has 0 aliphatic carbocycles. The van der Waals surface area contributed by atoms with E-state index in [-0.39, 0.29) is 5.91 Å². The summed E-state index contributed by atoms with van der Waals surface area (Å²) in [5.41, 5.74) is 1.90. The fourth-order valence-electron chi connectivity index (χ4n) is 3.01. The van der Waals surface area contributed by atoms with E-state index in [1.165, 1.54) is 0 Å². The van der Waals surface area contributed by atoms with Gasteiger partial charge in [-0.3, -0.25) is 9.36 Å². The Hall–Kier alpha value is -4.25. The van der Waals surface area contributed by atoms with Gasteiger partial charge in [0.05, 0.1) is 11.6 Å². The summed E-state index contributed by atoms with van der Waals surface area (Å²) in [6.45, 7) is 1.12. The highest BCUT2D eigenvalue weighted by atomic mass is 16.1. The third kappa shape index (κ3) is 4.25. The van der Waals surface area contributed by atoms with Gasteiger partial charge in [-0.05, 0) is 55.0 Å². The van der Waals surface area contributed by atoms with Crippen molar-refractivity contribution in [1.29, 1.82) is 5.26 Å². The van der Waals surface area contributed by atoms with Crippen LogP contribution in [0, 0.1) is 11.3 Å². The number of anilines is 1. The minimum absolute atomic E-state index is 0.162. The number of fused-ring (bicyclic) bond motifs is 1. The Kier molecular flexibility index (Phi) is 5.62. The molecule has 2 N–H and O–H groups in total. The lowest BCUT2D eigenvalue weighted by molar-refractivity contribution is 0.0953. The molecule has 0 aliphatic rings. The van der Waals surface area contributed by atoms with Crippen LogP contribution in [-0.2, 0) is 0 Å². The first-order valence-electron chi connectivity index (χ1n) is 9.52. The maximum Gasteiger partial charge on any atom is 0.251 e. The third-order valence-electron chi connectivity index (χ3n) is 4.53. The zero-order valence-electron chi connectivity index (χ0n) is 16.1. The van der Waals surface area contributed by atoms with Crippen LogP contribution in [0.5, 0.6) is 0 Å². The van der Waals surface area contributed by atoms with Crippen LogP contribution in [0.1, 0.15) is 22.3 Å². The Bertz CT molecular complexity index is 1210. The van der Waals surface area contributed by atoms with Gasteiger partial charge < -0.3 is 10.6 Å². The Morgan fingerprint density at radius 1 is 1.03 bits per heavy atom. The number of hydrogen-bond acceptors (Lipinski definition) is 6. The number of carbonyl (C=O) groups is 1. The van der Waals surface area contributed by atoms with Crippen LogP contribution in [-0.4, -0.2) is 38.5 Å². The number of nitriles is 1. The van der Waals surface area contributed by atoms with Crippen molar-refractivity contribution in [2.24, 2.45) is 0 Å². The Balaban J connectivity index is 1.29. The molecule has 0 bridgehead atoms. The molecule has 4 rings (SSSR count). The van der Waals surface area contributed by atoms with Crippen molar-refractivity contribution in [3.05, 3.63) is 78.2 Å². The molecule has 0 saturated heterocycles. The van der Waals surface area contributed by atoms with E-state index in [2.05, 4.69) is 25.6 Å². The smallest absolute Gasteiger partial charge is 0.251 e. The summed E-state index contributed by atoms with van der Waals surface area (Å²) in [5.74, 6) is 1.09. The molecule has 0 fully saturated rings. The van der Waals surface area contributed by atoms with Gasteiger partial charge in [0.25, 0.3) is 5.91 Å². The van der Waals surface area contributed by atoms with Crippen LogP contribution >= 0.6 is 0 Å². The summed E-state index contributed by atoms with van der Waals surface area (Å²) >= 11 is 0. The lowest BCUT2D eigenvalue weighted by Gasteiger charge is -2.08. The number of pyridine rings is 1. The van der Waals surface area contributed by atoms with Crippen LogP contribution in [0.2, 0.25) is 0 Å². The summed E-state index contributed by atoms with van der Waals surface area (Å²) < 4.78 is 1.92. The highest BCUT2D eigenvalue weighted by Crippen LogP contribution is 2.17. The number of nitrogens with one attached hydrogen (secondary N) is 2. The SMILES string of the molecule is N#Cc1ccc(C(=O)NCCCNc2nccc(-n3ccc4cccnc43)n2)cc1. The van der Waals surface area contributed by atoms with Crippen molar-refractivity contribution >= 4 is 22.9 Å². The van der Waals surface area contributed by atoms with Crippen molar-refractivity contribution in [3.8, 4) is 11.9 Å². The topological polar surface area (TPSA) is 109 Å². The predicted molar refractivity (Wildman–Crippen MR) is 113 cm³/mol. The zero-order valence-corrected chi connectivity index (χ0v) is 16.1. The van der Waals surface area contributed by atoms with Gasteiger partial charge in [-0.25, -0.2) is 9.97 Å². The fraction of sp³-hybridized carbons (Fsp3) is 0.136. The highest BCUT2D eigenvalue weighted by molar-refractivity contribution is 5.94. The number of amides is 1. The lowest BCUT2D eigenvalue weighted by Crippen LogP contribution is -2.25. The second kappa shape index (κ2) is 8.84. The molecule has 8 heteroatoms. The van der Waals surface area contributed by atoms with Crippen LogP contribution in [0.3, 0.4) is 0 Å². The van der Waals surface area contributed by atoms with E-state index >= 15 is 0 Å². The number of rotatable bonds is 7. The van der Waals surface area contributed by atoms with Crippen LogP contribution < -0.4 is 10.6 Å². The first-order valence-corrected chi connectivity index (χ1v) is 9.52. The molecule has 148 valence electrons. The molecule has 1 aromatic carbocycles. The van der Waals surface area contributed by atoms with E-state index in [4.69, 9.17) is 5.26 Å². The lowest BCUT2D eigenvalue weighted by atomic mass is 10.1. The molecule has 0 saturated carbocycles. The second-order valence-corrected chi connectivity index (χ2v) is 6.57. The van der Waals surface area contributed by atoms with E-state index in [1.807, 2.05) is 41.1 Å². The van der Waals surface area contributed by atoms with E-state index in [0.29, 0.717) is 36.6 Å². The molecule has 1 amide bonds. The van der Waals surface area contributed by atoms with Gasteiger partial charge in [-0.2, -0.15) is 10.2 Å². The Morgan fingerprint density at radius 3 is 2.73 bits per heavy atom. The van der Waals surface area contributed by atoms with Crippen molar-refractivity contribution < 1.29 is 4.79 Å². The Labute approximate surface area is 173 Å². The van der Waals surface area contributed by atoms with E-state index in [9.17, 15) is 4.79 Å². The molecule has 8 nitrogen and oxygen atoms in total. The molecule has 4 aromatic rings. The van der Waals surface area contributed by atoms with E-state index in [1.54, 1.807) is 36.7 Å². The Morgan fingerprint density at radius 2 is 1.90 bits per heavy atom. The molecular formula is C22H19N7O. The van der Waals surface area contributed by atoms with Crippen molar-refractivity contribution in [2.45, 2.75) is 6.42 Å². The number of hydrogen-bond donors (Lipinski definition) is 2. The molecule has 0 spiro atoms. The molecule has 0 aliphatic heterocycles. The summed E-state index contributed by atoms with van der Waals surface area (Å²) in [5, 5.41) is 15.9. The van der Waals surface area contributed by atoms with Gasteiger partial charge in [-0.1, -0.05) is 0 Å². The standard InChI is InChI=1S/C22H19N7O/c23-15-16-4-6-18(7-5-16)21(30)25-11-2-12-26-22-27-13-8-19(28-22)29-14-9-17-3-1-10-24-20(17)29/h1,3-10,13-14H,2,11-12H2,(H,25,30)(H,26,27,28). The normalized spacial score (nSPS) is 10.5. The first kappa shape index (κ1) is 19.1. The molecule has 3 heterocycles. The van der Waals surface area contributed by atoms with Crippen LogP contribution in [0.4, 0.5) is 5.95 Å². The quantitative estimate of drug-likeness (QED) is 0.464. The third-order valence-corrected chi connectivity index (χ3v) is 4.53. The molecule has 3 aromatic heterocycles. The van der Waals surface area contributed by atoms with Gasteiger partial charge in [-0.15, -0.1) is 0 Å². The number of nitrogens with zero attached hydrogens (tertiary/aromatic N) is 5. The maximum atomic E-state index is 12.1. The number of aromatic nitrogens is 4. The predicted octanol–water partition coefficient (Wildman–Crippen LogP) is 2.92. The summed E-state index contributed by atoms with van der Waals surface area (Å²) in [6.07, 6.45) is 6.10. The van der Waals surface area contributed by atoms with E-state index < -0.39 is 0 Å². The molecule has 0 atom stereocenters. The maximum absolute atomic E-state index is 12.1. The van der Waals surface area contributed by atoms with E-state index in [0.717, 1.165) is 16.9 Å². The minimum atomic E-state index is -0.162.